The Bertz CT molecular complexity index is 405. The van der Waals surface area contributed by atoms with E-state index in [2.05, 4.69) is 18.4 Å². The third-order valence-corrected chi connectivity index (χ3v) is 3.63. The topological polar surface area (TPSA) is 39.2 Å². The van der Waals surface area contributed by atoms with Gasteiger partial charge in [0, 0.05) is 10.9 Å². The van der Waals surface area contributed by atoms with Crippen LogP contribution in [0.1, 0.15) is 29.0 Å². The van der Waals surface area contributed by atoms with E-state index in [-0.39, 0.29) is 6.04 Å². The van der Waals surface area contributed by atoms with Crippen molar-refractivity contribution >= 4 is 11.3 Å². The predicted octanol–water partition coefficient (Wildman–Crippen LogP) is 3.15. The summed E-state index contributed by atoms with van der Waals surface area (Å²) < 4.78 is 5.04. The molecule has 0 fully saturated rings. The molecule has 0 aliphatic carbocycles. The van der Waals surface area contributed by atoms with Crippen molar-refractivity contribution in [1.29, 1.82) is 0 Å². The van der Waals surface area contributed by atoms with E-state index in [1.165, 1.54) is 10.4 Å². The van der Waals surface area contributed by atoms with Gasteiger partial charge in [-0.1, -0.05) is 6.92 Å². The summed E-state index contributed by atoms with van der Waals surface area (Å²) in [6.07, 6.45) is 5.36. The van der Waals surface area contributed by atoms with Crippen LogP contribution in [0.2, 0.25) is 0 Å². The number of hydrogen-bond acceptors (Lipinski definition) is 3. The Morgan fingerprint density at radius 1 is 1.47 bits per heavy atom. The van der Waals surface area contributed by atoms with Crippen LogP contribution in [0.25, 0.3) is 0 Å². The van der Waals surface area contributed by atoms with Crippen LogP contribution in [-0.2, 0) is 12.8 Å². The van der Waals surface area contributed by atoms with E-state index in [4.69, 9.17) is 10.2 Å². The minimum absolute atomic E-state index is 0.0950. The maximum absolute atomic E-state index is 6.18. The normalized spacial score (nSPS) is 12.9. The van der Waals surface area contributed by atoms with Gasteiger partial charge in [-0.05, 0) is 41.5 Å². The van der Waals surface area contributed by atoms with E-state index in [0.29, 0.717) is 0 Å². The average molecular weight is 221 g/mol. The van der Waals surface area contributed by atoms with Gasteiger partial charge in [-0.15, -0.1) is 11.3 Å². The Hall–Kier alpha value is -1.06. The number of rotatable bonds is 4. The highest BCUT2D eigenvalue weighted by atomic mass is 32.1. The lowest BCUT2D eigenvalue weighted by molar-refractivity contribution is 0.561. The molecule has 3 heteroatoms. The van der Waals surface area contributed by atoms with E-state index in [1.807, 2.05) is 6.07 Å². The number of hydrogen-bond donors (Lipinski definition) is 1. The first kappa shape index (κ1) is 10.5. The number of nitrogens with two attached hydrogens (primary N) is 1. The monoisotopic (exact) mass is 221 g/mol. The highest BCUT2D eigenvalue weighted by molar-refractivity contribution is 7.10. The first-order valence-corrected chi connectivity index (χ1v) is 6.02. The summed E-state index contributed by atoms with van der Waals surface area (Å²) in [5, 5.41) is 2.11. The maximum Gasteiger partial charge on any atom is 0.0935 e. The van der Waals surface area contributed by atoms with Gasteiger partial charge in [0.05, 0.1) is 12.5 Å². The molecule has 2 N–H and O–H groups in total. The molecule has 0 aliphatic heterocycles. The lowest BCUT2D eigenvalue weighted by Crippen LogP contribution is -2.12. The first-order chi connectivity index (χ1) is 7.31. The summed E-state index contributed by atoms with van der Waals surface area (Å²) in [6, 6.07) is 4.23. The molecule has 0 amide bonds. The van der Waals surface area contributed by atoms with Crippen molar-refractivity contribution in [2.24, 2.45) is 5.73 Å². The van der Waals surface area contributed by atoms with Crippen LogP contribution in [0.4, 0.5) is 0 Å². The molecule has 0 bridgehead atoms. The molecule has 0 saturated heterocycles. The molecule has 0 radical (unpaired) electrons. The fourth-order valence-electron chi connectivity index (χ4n) is 1.72. The van der Waals surface area contributed by atoms with Gasteiger partial charge in [0.2, 0.25) is 0 Å². The van der Waals surface area contributed by atoms with Crippen LogP contribution < -0.4 is 5.73 Å². The summed E-state index contributed by atoms with van der Waals surface area (Å²) in [5.74, 6) is 0. The van der Waals surface area contributed by atoms with Crippen LogP contribution in [0, 0.1) is 0 Å². The Kier molecular flexibility index (Phi) is 3.23. The molecule has 2 aromatic rings. The molecule has 0 saturated carbocycles. The zero-order valence-corrected chi connectivity index (χ0v) is 9.59. The van der Waals surface area contributed by atoms with Gasteiger partial charge in [-0.3, -0.25) is 0 Å². The van der Waals surface area contributed by atoms with Gasteiger partial charge in [-0.2, -0.15) is 0 Å². The number of furan rings is 1. The van der Waals surface area contributed by atoms with Crippen molar-refractivity contribution in [2.75, 3.05) is 0 Å². The van der Waals surface area contributed by atoms with Crippen LogP contribution >= 0.6 is 11.3 Å². The molecule has 80 valence electrons. The van der Waals surface area contributed by atoms with Crippen molar-refractivity contribution in [3.63, 3.8) is 0 Å². The lowest BCUT2D eigenvalue weighted by atomic mass is 10.0. The van der Waals surface area contributed by atoms with E-state index < -0.39 is 0 Å². The third kappa shape index (κ3) is 2.30. The fraction of sp³-hybridized carbons (Fsp3) is 0.333. The zero-order valence-electron chi connectivity index (χ0n) is 8.77. The largest absolute Gasteiger partial charge is 0.472 e. The third-order valence-electron chi connectivity index (χ3n) is 2.53. The lowest BCUT2D eigenvalue weighted by Gasteiger charge is -2.10. The standard InChI is InChI=1S/C12H15NOS/c1-2-10-4-6-15-12(10)11(13)7-9-3-5-14-8-9/h3-6,8,11H,2,7,13H2,1H3. The Morgan fingerprint density at radius 2 is 2.33 bits per heavy atom. The predicted molar refractivity (Wildman–Crippen MR) is 63.0 cm³/mol. The molecule has 2 heterocycles. The van der Waals surface area contributed by atoms with Gasteiger partial charge in [0.25, 0.3) is 0 Å². The summed E-state index contributed by atoms with van der Waals surface area (Å²) in [4.78, 5) is 1.30. The molecule has 2 rings (SSSR count). The Morgan fingerprint density at radius 3 is 3.00 bits per heavy atom. The molecule has 15 heavy (non-hydrogen) atoms. The van der Waals surface area contributed by atoms with Crippen molar-refractivity contribution in [2.45, 2.75) is 25.8 Å². The molecule has 2 nitrogen and oxygen atoms in total. The Labute approximate surface area is 93.7 Å². The van der Waals surface area contributed by atoms with Gasteiger partial charge < -0.3 is 10.2 Å². The molecule has 2 aromatic heterocycles. The van der Waals surface area contributed by atoms with Gasteiger partial charge in [0.1, 0.15) is 0 Å². The van der Waals surface area contributed by atoms with E-state index in [1.54, 1.807) is 23.9 Å². The molecule has 0 aromatic carbocycles. The second kappa shape index (κ2) is 4.64. The minimum Gasteiger partial charge on any atom is -0.472 e. The van der Waals surface area contributed by atoms with Crippen molar-refractivity contribution < 1.29 is 4.42 Å². The van der Waals surface area contributed by atoms with Crippen LogP contribution in [-0.4, -0.2) is 0 Å². The highest BCUT2D eigenvalue weighted by Gasteiger charge is 2.12. The SMILES string of the molecule is CCc1ccsc1C(N)Cc1ccoc1. The second-order valence-electron chi connectivity index (χ2n) is 3.61. The first-order valence-electron chi connectivity index (χ1n) is 5.14. The maximum atomic E-state index is 6.18. The molecule has 0 aliphatic rings. The van der Waals surface area contributed by atoms with Crippen molar-refractivity contribution in [3.05, 3.63) is 46.0 Å². The molecule has 1 atom stereocenters. The molecular weight excluding hydrogens is 206 g/mol. The average Bonchev–Trinajstić information content (AvgIpc) is 2.86. The van der Waals surface area contributed by atoms with E-state index in [0.717, 1.165) is 18.4 Å². The zero-order chi connectivity index (χ0) is 10.7. The molecular formula is C12H15NOS. The number of aryl methyl sites for hydroxylation is 1. The van der Waals surface area contributed by atoms with Gasteiger partial charge >= 0.3 is 0 Å². The number of thiophene rings is 1. The summed E-state index contributed by atoms with van der Waals surface area (Å²) in [5.41, 5.74) is 8.71. The van der Waals surface area contributed by atoms with Crippen molar-refractivity contribution in [3.8, 4) is 0 Å². The van der Waals surface area contributed by atoms with Crippen molar-refractivity contribution in [1.82, 2.24) is 0 Å². The molecule has 0 spiro atoms. The van der Waals surface area contributed by atoms with Crippen LogP contribution in [0.5, 0.6) is 0 Å². The highest BCUT2D eigenvalue weighted by Crippen LogP contribution is 2.26. The quantitative estimate of drug-likeness (QED) is 0.861. The fourth-order valence-corrected chi connectivity index (χ4v) is 2.72. The summed E-state index contributed by atoms with van der Waals surface area (Å²) in [6.45, 7) is 2.16. The molecule has 1 unspecified atom stereocenters. The minimum atomic E-state index is 0.0950. The van der Waals surface area contributed by atoms with Gasteiger partial charge in [0.15, 0.2) is 0 Å². The van der Waals surface area contributed by atoms with E-state index >= 15 is 0 Å². The summed E-state index contributed by atoms with van der Waals surface area (Å²) >= 11 is 1.75. The van der Waals surface area contributed by atoms with Crippen LogP contribution in [0.3, 0.4) is 0 Å². The van der Waals surface area contributed by atoms with Gasteiger partial charge in [-0.25, -0.2) is 0 Å². The smallest absolute Gasteiger partial charge is 0.0935 e. The van der Waals surface area contributed by atoms with Crippen LogP contribution in [0.15, 0.2) is 34.5 Å². The second-order valence-corrected chi connectivity index (χ2v) is 4.55. The Balaban J connectivity index is 2.11. The summed E-state index contributed by atoms with van der Waals surface area (Å²) in [7, 11) is 0. The van der Waals surface area contributed by atoms with E-state index in [9.17, 15) is 0 Å².